The largest absolute Gasteiger partial charge is 0.191 e. The van der Waals surface area contributed by atoms with Crippen molar-refractivity contribution in [3.63, 3.8) is 0 Å². The van der Waals surface area contributed by atoms with E-state index in [1.807, 2.05) is 12.1 Å². The minimum Gasteiger partial charge on any atom is -0.191 e. The Morgan fingerprint density at radius 2 is 2.29 bits per heavy atom. The van der Waals surface area contributed by atoms with Crippen LogP contribution in [0.5, 0.6) is 0 Å². The van der Waals surface area contributed by atoms with Crippen LogP contribution >= 0.6 is 11.8 Å². The Kier molecular flexibility index (Phi) is 4.41. The maximum atomic E-state index is 8.53. The molecule has 1 rings (SSSR count). The van der Waals surface area contributed by atoms with E-state index < -0.39 is 0 Å². The fraction of sp³-hybridized carbons (Fsp3) is 0.500. The summed E-state index contributed by atoms with van der Waals surface area (Å²) in [5, 5.41) is 17.1. The van der Waals surface area contributed by atoms with Gasteiger partial charge in [-0.3, -0.25) is 0 Å². The fourth-order valence-corrected chi connectivity index (χ4v) is 1.76. The van der Waals surface area contributed by atoms with E-state index in [4.69, 9.17) is 5.26 Å². The third-order valence-electron chi connectivity index (χ3n) is 1.97. The van der Waals surface area contributed by atoms with Crippen molar-refractivity contribution in [3.8, 4) is 6.07 Å². The van der Waals surface area contributed by atoms with E-state index >= 15 is 0 Å². The van der Waals surface area contributed by atoms with Gasteiger partial charge in [0.1, 0.15) is 11.1 Å². The first-order valence-corrected chi connectivity index (χ1v) is 5.61. The molecule has 0 fully saturated rings. The first-order valence-electron chi connectivity index (χ1n) is 4.63. The second-order valence-corrected chi connectivity index (χ2v) is 4.23. The van der Waals surface area contributed by atoms with Gasteiger partial charge in [0.25, 0.3) is 0 Å². The van der Waals surface area contributed by atoms with Crippen LogP contribution in [0.4, 0.5) is 0 Å². The van der Waals surface area contributed by atoms with E-state index in [1.165, 1.54) is 6.42 Å². The zero-order chi connectivity index (χ0) is 10.4. The molecule has 1 heterocycles. The van der Waals surface area contributed by atoms with Crippen molar-refractivity contribution < 1.29 is 0 Å². The monoisotopic (exact) mass is 207 g/mol. The maximum Gasteiger partial charge on any atom is 0.163 e. The number of hydrogen-bond donors (Lipinski definition) is 0. The Morgan fingerprint density at radius 1 is 1.50 bits per heavy atom. The standard InChI is InChI=1S/C10H13N3S/c1-3-8(2)7-14-10-5-4-9(6-11)12-13-10/h4-5,8H,3,7H2,1-2H3. The molecule has 4 heteroatoms. The van der Waals surface area contributed by atoms with Gasteiger partial charge in [0, 0.05) is 5.75 Å². The van der Waals surface area contributed by atoms with Crippen molar-refractivity contribution in [3.05, 3.63) is 17.8 Å². The minimum absolute atomic E-state index is 0.373. The third-order valence-corrected chi connectivity index (χ3v) is 3.22. The molecule has 0 saturated carbocycles. The molecule has 1 unspecified atom stereocenters. The van der Waals surface area contributed by atoms with Crippen LogP contribution in [0, 0.1) is 17.2 Å². The number of nitriles is 1. The molecule has 3 nitrogen and oxygen atoms in total. The lowest BCUT2D eigenvalue weighted by atomic mass is 10.2. The molecule has 0 aliphatic heterocycles. The highest BCUT2D eigenvalue weighted by Crippen LogP contribution is 2.18. The van der Waals surface area contributed by atoms with Crippen molar-refractivity contribution in [2.24, 2.45) is 5.92 Å². The summed E-state index contributed by atoms with van der Waals surface area (Å²) in [5.41, 5.74) is 0.373. The molecule has 0 aliphatic rings. The van der Waals surface area contributed by atoms with Crippen LogP contribution in [0.1, 0.15) is 26.0 Å². The predicted molar refractivity (Wildman–Crippen MR) is 56.9 cm³/mol. The van der Waals surface area contributed by atoms with E-state index in [0.717, 1.165) is 10.8 Å². The average Bonchev–Trinajstić information content (AvgIpc) is 2.26. The Labute approximate surface area is 88.5 Å². The lowest BCUT2D eigenvalue weighted by Crippen LogP contribution is -1.96. The van der Waals surface area contributed by atoms with E-state index in [9.17, 15) is 0 Å². The van der Waals surface area contributed by atoms with Gasteiger partial charge in [-0.25, -0.2) is 0 Å². The Bertz CT molecular complexity index is 315. The minimum atomic E-state index is 0.373. The topological polar surface area (TPSA) is 49.6 Å². The fourth-order valence-electron chi connectivity index (χ4n) is 0.802. The van der Waals surface area contributed by atoms with Crippen molar-refractivity contribution in [2.75, 3.05) is 5.75 Å². The molecule has 0 aliphatic carbocycles. The summed E-state index contributed by atoms with van der Waals surface area (Å²) < 4.78 is 0. The number of rotatable bonds is 4. The molecule has 1 aromatic rings. The molecule has 74 valence electrons. The maximum absolute atomic E-state index is 8.53. The zero-order valence-electron chi connectivity index (χ0n) is 8.40. The number of nitrogens with zero attached hydrogens (tertiary/aromatic N) is 3. The lowest BCUT2D eigenvalue weighted by Gasteiger charge is -2.05. The Hall–Kier alpha value is -1.08. The van der Waals surface area contributed by atoms with Crippen LogP contribution in [-0.4, -0.2) is 16.0 Å². The van der Waals surface area contributed by atoms with Gasteiger partial charge in [-0.05, 0) is 18.1 Å². The highest BCUT2D eigenvalue weighted by atomic mass is 32.2. The second kappa shape index (κ2) is 5.61. The molecule has 0 N–H and O–H groups in total. The quantitative estimate of drug-likeness (QED) is 0.712. The third kappa shape index (κ3) is 3.35. The Balaban J connectivity index is 2.49. The van der Waals surface area contributed by atoms with Crippen molar-refractivity contribution >= 4 is 11.8 Å². The molecular formula is C10H13N3S. The van der Waals surface area contributed by atoms with Crippen LogP contribution in [0.3, 0.4) is 0 Å². The molecule has 0 spiro atoms. The van der Waals surface area contributed by atoms with Crippen molar-refractivity contribution in [2.45, 2.75) is 25.3 Å². The highest BCUT2D eigenvalue weighted by Gasteiger charge is 2.02. The SMILES string of the molecule is CCC(C)CSc1ccc(C#N)nn1. The molecule has 0 amide bonds. The zero-order valence-corrected chi connectivity index (χ0v) is 9.21. The highest BCUT2D eigenvalue weighted by molar-refractivity contribution is 7.99. The first kappa shape index (κ1) is 11.0. The molecular weight excluding hydrogens is 194 g/mol. The number of hydrogen-bond acceptors (Lipinski definition) is 4. The van der Waals surface area contributed by atoms with Crippen LogP contribution in [0.2, 0.25) is 0 Å². The smallest absolute Gasteiger partial charge is 0.163 e. The van der Waals surface area contributed by atoms with Gasteiger partial charge in [0.2, 0.25) is 0 Å². The molecule has 0 saturated heterocycles. The van der Waals surface area contributed by atoms with E-state index in [0.29, 0.717) is 11.6 Å². The van der Waals surface area contributed by atoms with E-state index in [-0.39, 0.29) is 0 Å². The summed E-state index contributed by atoms with van der Waals surface area (Å²) in [5.74, 6) is 1.74. The second-order valence-electron chi connectivity index (χ2n) is 3.19. The summed E-state index contributed by atoms with van der Waals surface area (Å²) in [6, 6.07) is 5.49. The summed E-state index contributed by atoms with van der Waals surface area (Å²) in [6.07, 6.45) is 1.18. The Morgan fingerprint density at radius 3 is 2.79 bits per heavy atom. The average molecular weight is 207 g/mol. The van der Waals surface area contributed by atoms with E-state index in [1.54, 1.807) is 17.8 Å². The molecule has 0 aromatic carbocycles. The van der Waals surface area contributed by atoms with Gasteiger partial charge in [-0.1, -0.05) is 20.3 Å². The van der Waals surface area contributed by atoms with Gasteiger partial charge in [-0.2, -0.15) is 5.26 Å². The van der Waals surface area contributed by atoms with Gasteiger partial charge in [0.15, 0.2) is 5.69 Å². The van der Waals surface area contributed by atoms with Crippen molar-refractivity contribution in [1.82, 2.24) is 10.2 Å². The lowest BCUT2D eigenvalue weighted by molar-refractivity contribution is 0.636. The van der Waals surface area contributed by atoms with Gasteiger partial charge < -0.3 is 0 Å². The van der Waals surface area contributed by atoms with Gasteiger partial charge in [0.05, 0.1) is 0 Å². The summed E-state index contributed by atoms with van der Waals surface area (Å²) in [6.45, 7) is 4.39. The van der Waals surface area contributed by atoms with Gasteiger partial charge >= 0.3 is 0 Å². The van der Waals surface area contributed by atoms with Crippen LogP contribution < -0.4 is 0 Å². The molecule has 0 radical (unpaired) electrons. The summed E-state index contributed by atoms with van der Waals surface area (Å²) in [7, 11) is 0. The van der Waals surface area contributed by atoms with Crippen LogP contribution in [0.15, 0.2) is 17.2 Å². The van der Waals surface area contributed by atoms with Crippen molar-refractivity contribution in [1.29, 1.82) is 5.26 Å². The molecule has 14 heavy (non-hydrogen) atoms. The predicted octanol–water partition coefficient (Wildman–Crippen LogP) is 2.49. The molecule has 0 bridgehead atoms. The van der Waals surface area contributed by atoms with Crippen LogP contribution in [-0.2, 0) is 0 Å². The first-order chi connectivity index (χ1) is 6.76. The number of aromatic nitrogens is 2. The normalized spacial score (nSPS) is 12.1. The van der Waals surface area contributed by atoms with E-state index in [2.05, 4.69) is 24.0 Å². The number of thioether (sulfide) groups is 1. The molecule has 1 aromatic heterocycles. The summed E-state index contributed by atoms with van der Waals surface area (Å²) >= 11 is 1.69. The summed E-state index contributed by atoms with van der Waals surface area (Å²) in [4.78, 5) is 0. The van der Waals surface area contributed by atoms with Crippen LogP contribution in [0.25, 0.3) is 0 Å². The molecule has 1 atom stereocenters. The van der Waals surface area contributed by atoms with Gasteiger partial charge in [-0.15, -0.1) is 22.0 Å².